The Balaban J connectivity index is 1.98. The monoisotopic (exact) mass is 307 g/mol. The Morgan fingerprint density at radius 2 is 1.90 bits per heavy atom. The summed E-state index contributed by atoms with van der Waals surface area (Å²) in [5, 5.41) is 4.02. The van der Waals surface area contributed by atoms with Crippen molar-refractivity contribution in [2.24, 2.45) is 0 Å². The Morgan fingerprint density at radius 1 is 1.05 bits per heavy atom. The van der Waals surface area contributed by atoms with Crippen LogP contribution in [0.2, 0.25) is 5.02 Å². The molecule has 2 unspecified atom stereocenters. The van der Waals surface area contributed by atoms with E-state index < -0.39 is 11.6 Å². The fraction of sp³-hybridized carbons (Fsp3) is 0.294. The van der Waals surface area contributed by atoms with Gasteiger partial charge in [0.1, 0.15) is 11.6 Å². The third kappa shape index (κ3) is 3.09. The standard InChI is InChI=1S/C17H16ClF2N/c18-12-3-1-2-11(8-12)16-10-21-7-6-14(16)15-5-4-13(19)9-17(15)20/h1-5,8-9,14,16,21H,6-7,10H2. The lowest BCUT2D eigenvalue weighted by Crippen LogP contribution is -2.34. The van der Waals surface area contributed by atoms with Gasteiger partial charge >= 0.3 is 0 Å². The van der Waals surface area contributed by atoms with Gasteiger partial charge in [-0.25, -0.2) is 8.78 Å². The number of halogens is 3. The first-order valence-electron chi connectivity index (χ1n) is 7.06. The maximum atomic E-state index is 14.1. The molecular formula is C17H16ClF2N. The molecule has 2 aromatic rings. The van der Waals surface area contributed by atoms with Crippen LogP contribution in [0.3, 0.4) is 0 Å². The molecule has 4 heteroatoms. The van der Waals surface area contributed by atoms with Crippen LogP contribution in [0.25, 0.3) is 0 Å². The first-order chi connectivity index (χ1) is 10.1. The Hall–Kier alpha value is -1.45. The van der Waals surface area contributed by atoms with Crippen molar-refractivity contribution >= 4 is 11.6 Å². The number of piperidine rings is 1. The molecule has 1 saturated heterocycles. The molecule has 2 aromatic carbocycles. The first-order valence-corrected chi connectivity index (χ1v) is 7.44. The van der Waals surface area contributed by atoms with Crippen LogP contribution in [0.1, 0.15) is 29.4 Å². The van der Waals surface area contributed by atoms with Crippen LogP contribution in [0.5, 0.6) is 0 Å². The molecule has 1 aliphatic rings. The number of hydrogen-bond acceptors (Lipinski definition) is 1. The molecule has 2 atom stereocenters. The summed E-state index contributed by atoms with van der Waals surface area (Å²) in [6.07, 6.45) is 0.819. The van der Waals surface area contributed by atoms with Crippen molar-refractivity contribution in [3.8, 4) is 0 Å². The van der Waals surface area contributed by atoms with E-state index in [9.17, 15) is 8.78 Å². The van der Waals surface area contributed by atoms with Gasteiger partial charge in [0.2, 0.25) is 0 Å². The van der Waals surface area contributed by atoms with Gasteiger partial charge in [-0.1, -0.05) is 29.8 Å². The number of rotatable bonds is 2. The highest BCUT2D eigenvalue weighted by atomic mass is 35.5. The van der Waals surface area contributed by atoms with Gasteiger partial charge in [-0.05, 0) is 48.2 Å². The van der Waals surface area contributed by atoms with Gasteiger partial charge in [0.25, 0.3) is 0 Å². The molecular weight excluding hydrogens is 292 g/mol. The Morgan fingerprint density at radius 3 is 2.67 bits per heavy atom. The molecule has 0 radical (unpaired) electrons. The zero-order valence-corrected chi connectivity index (χ0v) is 12.2. The molecule has 0 amide bonds. The minimum atomic E-state index is -0.538. The van der Waals surface area contributed by atoms with E-state index in [2.05, 4.69) is 5.32 Å². The largest absolute Gasteiger partial charge is 0.316 e. The second-order valence-corrected chi connectivity index (χ2v) is 5.86. The summed E-state index contributed by atoms with van der Waals surface area (Å²) < 4.78 is 27.2. The molecule has 0 bridgehead atoms. The highest BCUT2D eigenvalue weighted by Gasteiger charge is 2.29. The van der Waals surface area contributed by atoms with Crippen LogP contribution < -0.4 is 5.32 Å². The summed E-state index contributed by atoms with van der Waals surface area (Å²) in [6.45, 7) is 1.60. The summed E-state index contributed by atoms with van der Waals surface area (Å²) in [6, 6.07) is 11.5. The smallest absolute Gasteiger partial charge is 0.129 e. The van der Waals surface area contributed by atoms with E-state index in [-0.39, 0.29) is 11.8 Å². The van der Waals surface area contributed by atoms with Gasteiger partial charge in [-0.15, -0.1) is 0 Å². The normalized spacial score (nSPS) is 22.2. The first kappa shape index (κ1) is 14.5. The molecule has 1 aliphatic heterocycles. The van der Waals surface area contributed by atoms with Crippen LogP contribution in [0, 0.1) is 11.6 Å². The minimum absolute atomic E-state index is 0.0327. The third-order valence-corrected chi connectivity index (χ3v) is 4.36. The molecule has 0 saturated carbocycles. The van der Waals surface area contributed by atoms with Crippen molar-refractivity contribution in [3.05, 3.63) is 70.2 Å². The predicted molar refractivity (Wildman–Crippen MR) is 80.8 cm³/mol. The fourth-order valence-electron chi connectivity index (χ4n) is 3.12. The van der Waals surface area contributed by atoms with Gasteiger partial charge < -0.3 is 5.32 Å². The second kappa shape index (κ2) is 6.12. The summed E-state index contributed by atoms with van der Waals surface area (Å²) in [4.78, 5) is 0. The fourth-order valence-corrected chi connectivity index (χ4v) is 3.32. The van der Waals surface area contributed by atoms with Crippen molar-refractivity contribution < 1.29 is 8.78 Å². The summed E-state index contributed by atoms with van der Waals surface area (Å²) in [5.74, 6) is -0.832. The molecule has 3 rings (SSSR count). The van der Waals surface area contributed by atoms with Gasteiger partial charge in [0.05, 0.1) is 0 Å². The molecule has 0 aromatic heterocycles. The zero-order valence-electron chi connectivity index (χ0n) is 11.5. The highest BCUT2D eigenvalue weighted by Crippen LogP contribution is 2.39. The topological polar surface area (TPSA) is 12.0 Å². The number of nitrogens with one attached hydrogen (secondary N) is 1. The van der Waals surface area contributed by atoms with Crippen molar-refractivity contribution in [3.63, 3.8) is 0 Å². The third-order valence-electron chi connectivity index (χ3n) is 4.12. The minimum Gasteiger partial charge on any atom is -0.316 e. The van der Waals surface area contributed by atoms with Gasteiger partial charge in [-0.3, -0.25) is 0 Å². The van der Waals surface area contributed by atoms with Gasteiger partial charge in [0.15, 0.2) is 0 Å². The lowest BCUT2D eigenvalue weighted by atomic mass is 9.77. The average Bonchev–Trinajstić information content (AvgIpc) is 2.47. The van der Waals surface area contributed by atoms with E-state index in [0.717, 1.165) is 31.1 Å². The molecule has 110 valence electrons. The Kier molecular flexibility index (Phi) is 4.22. The summed E-state index contributed by atoms with van der Waals surface area (Å²) >= 11 is 6.07. The maximum absolute atomic E-state index is 14.1. The maximum Gasteiger partial charge on any atom is 0.129 e. The SMILES string of the molecule is Fc1ccc(C2CCNCC2c2cccc(Cl)c2)c(F)c1. The van der Waals surface area contributed by atoms with Crippen LogP contribution >= 0.6 is 11.6 Å². The summed E-state index contributed by atoms with van der Waals surface area (Å²) in [7, 11) is 0. The molecule has 1 N–H and O–H groups in total. The quantitative estimate of drug-likeness (QED) is 0.862. The Labute approximate surface area is 127 Å². The predicted octanol–water partition coefficient (Wildman–Crippen LogP) is 4.48. The van der Waals surface area contributed by atoms with Crippen LogP contribution in [0.15, 0.2) is 42.5 Å². The van der Waals surface area contributed by atoms with Crippen molar-refractivity contribution in [1.82, 2.24) is 5.32 Å². The highest BCUT2D eigenvalue weighted by molar-refractivity contribution is 6.30. The van der Waals surface area contributed by atoms with E-state index >= 15 is 0 Å². The van der Waals surface area contributed by atoms with Crippen LogP contribution in [-0.4, -0.2) is 13.1 Å². The van der Waals surface area contributed by atoms with Gasteiger partial charge in [0, 0.05) is 23.6 Å². The lowest BCUT2D eigenvalue weighted by molar-refractivity contribution is 0.392. The molecule has 0 aliphatic carbocycles. The summed E-state index contributed by atoms with van der Waals surface area (Å²) in [5.41, 5.74) is 1.67. The van der Waals surface area contributed by atoms with Crippen molar-refractivity contribution in [2.45, 2.75) is 18.3 Å². The van der Waals surface area contributed by atoms with Crippen molar-refractivity contribution in [2.75, 3.05) is 13.1 Å². The van der Waals surface area contributed by atoms with E-state index in [1.54, 1.807) is 6.07 Å². The Bertz CT molecular complexity index is 644. The van der Waals surface area contributed by atoms with E-state index in [4.69, 9.17) is 11.6 Å². The number of hydrogen-bond donors (Lipinski definition) is 1. The zero-order chi connectivity index (χ0) is 14.8. The molecule has 21 heavy (non-hydrogen) atoms. The average molecular weight is 308 g/mol. The van der Waals surface area contributed by atoms with E-state index in [1.165, 1.54) is 6.07 Å². The molecule has 1 fully saturated rings. The van der Waals surface area contributed by atoms with Crippen LogP contribution in [-0.2, 0) is 0 Å². The molecule has 1 nitrogen and oxygen atoms in total. The second-order valence-electron chi connectivity index (χ2n) is 5.43. The molecule has 0 spiro atoms. The molecule has 1 heterocycles. The van der Waals surface area contributed by atoms with E-state index in [0.29, 0.717) is 10.6 Å². The number of benzene rings is 2. The lowest BCUT2D eigenvalue weighted by Gasteiger charge is -2.33. The van der Waals surface area contributed by atoms with Crippen molar-refractivity contribution in [1.29, 1.82) is 0 Å². The van der Waals surface area contributed by atoms with Crippen LogP contribution in [0.4, 0.5) is 8.78 Å². The van der Waals surface area contributed by atoms with Gasteiger partial charge in [-0.2, -0.15) is 0 Å². The van der Waals surface area contributed by atoms with E-state index in [1.807, 2.05) is 24.3 Å².